The molecule has 2 N–H and O–H groups in total. The van der Waals surface area contributed by atoms with E-state index in [-0.39, 0.29) is 34.6 Å². The topological polar surface area (TPSA) is 130 Å². The number of carboxylic acid groups (broad SMARTS) is 1. The fourth-order valence-corrected chi connectivity index (χ4v) is 6.15. The number of hydrogen-bond donors (Lipinski definition) is 2. The molecule has 4 aromatic rings. The predicted octanol–water partition coefficient (Wildman–Crippen LogP) is 4.75. The molecule has 1 fully saturated rings. The Hall–Kier alpha value is -4.81. The molecule has 0 spiro atoms. The van der Waals surface area contributed by atoms with Crippen LogP contribution in [0.4, 0.5) is 15.8 Å². The molecule has 11 nitrogen and oxygen atoms in total. The zero-order chi connectivity index (χ0) is 31.7. The van der Waals surface area contributed by atoms with Crippen LogP contribution in [0.1, 0.15) is 50.9 Å². The lowest BCUT2D eigenvalue weighted by Gasteiger charge is -2.40. The van der Waals surface area contributed by atoms with Crippen molar-refractivity contribution in [3.8, 4) is 5.69 Å². The summed E-state index contributed by atoms with van der Waals surface area (Å²) in [6.45, 7) is 1.81. The summed E-state index contributed by atoms with van der Waals surface area (Å²) in [7, 11) is 1.72. The Morgan fingerprint density at radius 2 is 1.71 bits per heavy atom. The predicted molar refractivity (Wildman–Crippen MR) is 165 cm³/mol. The van der Waals surface area contributed by atoms with Gasteiger partial charge in [-0.2, -0.15) is 0 Å². The number of carbonyl (C=O) groups is 3. The number of carboxylic acids is 1. The molecule has 45 heavy (non-hydrogen) atoms. The van der Waals surface area contributed by atoms with Gasteiger partial charge < -0.3 is 25.0 Å². The van der Waals surface area contributed by atoms with Gasteiger partial charge in [0.2, 0.25) is 0 Å². The summed E-state index contributed by atoms with van der Waals surface area (Å²) in [4.78, 5) is 43.0. The van der Waals surface area contributed by atoms with Gasteiger partial charge in [-0.3, -0.25) is 9.59 Å². The minimum atomic E-state index is -1.08. The Kier molecular flexibility index (Phi) is 8.50. The van der Waals surface area contributed by atoms with Crippen molar-refractivity contribution >= 4 is 40.8 Å². The SMILES string of the molecule is COC1CCN(c2cccc3c2CCN(C(=O)c2cn(-c4cccc(Cl)c4F)nn2)[C@@H]3C(=O)Nc2ccc(C(=O)O)cc2)CC1. The maximum absolute atomic E-state index is 14.7. The van der Waals surface area contributed by atoms with E-state index in [1.54, 1.807) is 13.2 Å². The number of halogens is 2. The fourth-order valence-electron chi connectivity index (χ4n) is 5.98. The van der Waals surface area contributed by atoms with Crippen LogP contribution in [-0.4, -0.2) is 75.6 Å². The van der Waals surface area contributed by atoms with E-state index in [1.807, 2.05) is 18.2 Å². The zero-order valence-corrected chi connectivity index (χ0v) is 25.1. The number of carbonyl (C=O) groups excluding carboxylic acids is 2. The Bertz CT molecular complexity index is 1760. The lowest BCUT2D eigenvalue weighted by Crippen LogP contribution is -2.46. The first-order valence-electron chi connectivity index (χ1n) is 14.5. The number of methoxy groups -OCH3 is 1. The number of benzene rings is 3. The third-order valence-electron chi connectivity index (χ3n) is 8.31. The van der Waals surface area contributed by atoms with Gasteiger partial charge in [0.1, 0.15) is 11.7 Å². The highest BCUT2D eigenvalue weighted by Gasteiger charge is 2.39. The van der Waals surface area contributed by atoms with Crippen LogP contribution in [0.25, 0.3) is 5.69 Å². The van der Waals surface area contributed by atoms with Gasteiger partial charge in [-0.25, -0.2) is 13.9 Å². The molecule has 232 valence electrons. The van der Waals surface area contributed by atoms with Gasteiger partial charge >= 0.3 is 5.97 Å². The molecule has 0 bridgehead atoms. The number of ether oxygens (including phenoxy) is 1. The molecule has 3 heterocycles. The first-order chi connectivity index (χ1) is 21.7. The van der Waals surface area contributed by atoms with E-state index >= 15 is 0 Å². The maximum atomic E-state index is 14.7. The highest BCUT2D eigenvalue weighted by Crippen LogP contribution is 2.38. The van der Waals surface area contributed by atoms with Gasteiger partial charge in [0.15, 0.2) is 11.5 Å². The van der Waals surface area contributed by atoms with Crippen LogP contribution in [-0.2, 0) is 16.0 Å². The van der Waals surface area contributed by atoms with Gasteiger partial charge in [0.25, 0.3) is 11.8 Å². The summed E-state index contributed by atoms with van der Waals surface area (Å²) in [5.74, 6) is -2.82. The number of piperidine rings is 1. The normalized spacial score (nSPS) is 16.7. The molecule has 13 heteroatoms. The Morgan fingerprint density at radius 1 is 1.00 bits per heavy atom. The first kappa shape index (κ1) is 30.2. The van der Waals surface area contributed by atoms with Crippen molar-refractivity contribution < 1.29 is 28.6 Å². The van der Waals surface area contributed by atoms with E-state index in [0.717, 1.165) is 41.9 Å². The molecule has 2 aliphatic heterocycles. The quantitative estimate of drug-likeness (QED) is 0.299. The monoisotopic (exact) mass is 632 g/mol. The van der Waals surface area contributed by atoms with E-state index in [0.29, 0.717) is 17.7 Å². The standard InChI is InChI=1S/C32H30ClFN6O5/c1-45-21-12-15-38(16-13-21)26-6-2-4-23-22(26)14-17-39(29(23)30(41)35-20-10-8-19(9-11-20)32(43)44)31(42)25-18-40(37-36-25)27-7-3-5-24(33)28(27)34/h2-11,18,21,29H,12-17H2,1H3,(H,35,41)(H,43,44)/t29-/m0/s1. The van der Waals surface area contributed by atoms with Gasteiger partial charge in [-0.05, 0) is 72.9 Å². The number of nitrogens with one attached hydrogen (secondary N) is 1. The number of fused-ring (bicyclic) bond motifs is 1. The fraction of sp³-hybridized carbons (Fsp3) is 0.281. The second-order valence-electron chi connectivity index (χ2n) is 10.9. The van der Waals surface area contributed by atoms with Crippen LogP contribution in [0.2, 0.25) is 5.02 Å². The lowest BCUT2D eigenvalue weighted by atomic mass is 9.89. The second kappa shape index (κ2) is 12.7. The Labute approximate surface area is 263 Å². The largest absolute Gasteiger partial charge is 0.478 e. The molecular formula is C32H30ClFN6O5. The van der Waals surface area contributed by atoms with Gasteiger partial charge in [-0.1, -0.05) is 35.0 Å². The number of nitrogens with zero attached hydrogens (tertiary/aromatic N) is 5. The molecule has 0 unspecified atom stereocenters. The van der Waals surface area contributed by atoms with Gasteiger partial charge in [0, 0.05) is 38.1 Å². The van der Waals surface area contributed by atoms with E-state index in [4.69, 9.17) is 16.3 Å². The number of rotatable bonds is 7. The molecule has 2 amide bonds. The number of aromatic nitrogens is 3. The van der Waals surface area contributed by atoms with E-state index in [2.05, 4.69) is 20.5 Å². The Balaban J connectivity index is 1.34. The van der Waals surface area contributed by atoms with E-state index < -0.39 is 29.6 Å². The summed E-state index contributed by atoms with van der Waals surface area (Å²) in [5, 5.41) is 20.0. The van der Waals surface area contributed by atoms with Crippen molar-refractivity contribution in [3.63, 3.8) is 0 Å². The van der Waals surface area contributed by atoms with Crippen molar-refractivity contribution in [1.82, 2.24) is 19.9 Å². The highest BCUT2D eigenvalue weighted by molar-refractivity contribution is 6.30. The Morgan fingerprint density at radius 3 is 2.42 bits per heavy atom. The smallest absolute Gasteiger partial charge is 0.335 e. The molecule has 3 aromatic carbocycles. The number of hydrogen-bond acceptors (Lipinski definition) is 7. The highest BCUT2D eigenvalue weighted by atomic mass is 35.5. The molecule has 6 rings (SSSR count). The number of anilines is 2. The summed E-state index contributed by atoms with van der Waals surface area (Å²) in [6.07, 6.45) is 3.76. The van der Waals surface area contributed by atoms with Crippen molar-refractivity contribution in [2.24, 2.45) is 0 Å². The average molecular weight is 633 g/mol. The van der Waals surface area contributed by atoms with Crippen LogP contribution in [0.15, 0.2) is 66.9 Å². The molecule has 0 saturated carbocycles. The van der Waals surface area contributed by atoms with Crippen LogP contribution < -0.4 is 10.2 Å². The van der Waals surface area contributed by atoms with E-state index in [1.165, 1.54) is 47.5 Å². The summed E-state index contributed by atoms with van der Waals surface area (Å²) >= 11 is 5.94. The molecule has 2 aliphatic rings. The van der Waals surface area contributed by atoms with E-state index in [9.17, 15) is 23.9 Å². The molecule has 0 aliphatic carbocycles. The minimum Gasteiger partial charge on any atom is -0.478 e. The zero-order valence-electron chi connectivity index (χ0n) is 24.3. The van der Waals surface area contributed by atoms with Crippen LogP contribution in [0.3, 0.4) is 0 Å². The van der Waals surface area contributed by atoms with Crippen LogP contribution >= 0.6 is 11.6 Å². The molecule has 0 radical (unpaired) electrons. The number of amides is 2. The maximum Gasteiger partial charge on any atom is 0.335 e. The second-order valence-corrected chi connectivity index (χ2v) is 11.3. The van der Waals surface area contributed by atoms with Gasteiger partial charge in [-0.15, -0.1) is 5.10 Å². The first-order valence-corrected chi connectivity index (χ1v) is 14.8. The van der Waals surface area contributed by atoms with Crippen LogP contribution in [0, 0.1) is 5.82 Å². The van der Waals surface area contributed by atoms with Crippen molar-refractivity contribution in [1.29, 1.82) is 0 Å². The average Bonchev–Trinajstić information content (AvgIpc) is 3.55. The van der Waals surface area contributed by atoms with Crippen molar-refractivity contribution in [2.45, 2.75) is 31.4 Å². The lowest BCUT2D eigenvalue weighted by molar-refractivity contribution is -0.121. The molecule has 1 aromatic heterocycles. The third-order valence-corrected chi connectivity index (χ3v) is 8.60. The molecular weight excluding hydrogens is 603 g/mol. The van der Waals surface area contributed by atoms with Crippen molar-refractivity contribution in [3.05, 3.63) is 100 Å². The van der Waals surface area contributed by atoms with Crippen molar-refractivity contribution in [2.75, 3.05) is 37.0 Å². The molecule has 1 atom stereocenters. The molecule has 1 saturated heterocycles. The third kappa shape index (κ3) is 5.98. The summed E-state index contributed by atoms with van der Waals surface area (Å²) < 4.78 is 21.4. The summed E-state index contributed by atoms with van der Waals surface area (Å²) in [6, 6.07) is 14.9. The van der Waals surface area contributed by atoms with Gasteiger partial charge in [0.05, 0.1) is 22.9 Å². The summed E-state index contributed by atoms with van der Waals surface area (Å²) in [5.41, 5.74) is 3.08. The van der Waals surface area contributed by atoms with Crippen LogP contribution in [0.5, 0.6) is 0 Å². The number of aromatic carboxylic acids is 1. The minimum absolute atomic E-state index is 0.0269.